The van der Waals surface area contributed by atoms with Crippen molar-refractivity contribution in [1.82, 2.24) is 10.6 Å². The minimum Gasteiger partial charge on any atom is -0.356 e. The van der Waals surface area contributed by atoms with Gasteiger partial charge in [-0.3, -0.25) is 4.99 Å². The molecule has 2 aromatic carbocycles. The summed E-state index contributed by atoms with van der Waals surface area (Å²) in [6.07, 6.45) is 2.15. The second kappa shape index (κ2) is 8.85. The lowest BCUT2D eigenvalue weighted by molar-refractivity contribution is 0.601. The zero-order chi connectivity index (χ0) is 19.2. The van der Waals surface area contributed by atoms with Gasteiger partial charge in [-0.25, -0.2) is 8.42 Å². The maximum absolute atomic E-state index is 11.7. The Morgan fingerprint density at radius 2 is 1.81 bits per heavy atom. The number of guanidine groups is 1. The Bertz CT molecular complexity index is 890. The molecule has 26 heavy (non-hydrogen) atoms. The van der Waals surface area contributed by atoms with Crippen LogP contribution >= 0.6 is 0 Å². The van der Waals surface area contributed by atoms with Crippen LogP contribution in [0.2, 0.25) is 0 Å². The predicted molar refractivity (Wildman–Crippen MR) is 107 cm³/mol. The molecule has 0 atom stereocenters. The lowest BCUT2D eigenvalue weighted by Crippen LogP contribution is -2.37. The van der Waals surface area contributed by atoms with Gasteiger partial charge in [-0.1, -0.05) is 42.0 Å². The molecule has 0 aliphatic rings. The minimum atomic E-state index is -3.18. The second-order valence-electron chi connectivity index (χ2n) is 6.46. The van der Waals surface area contributed by atoms with Crippen molar-refractivity contribution >= 4 is 15.8 Å². The summed E-state index contributed by atoms with van der Waals surface area (Å²) in [6, 6.07) is 13.9. The van der Waals surface area contributed by atoms with E-state index in [2.05, 4.69) is 46.8 Å². The highest BCUT2D eigenvalue weighted by Crippen LogP contribution is 2.16. The van der Waals surface area contributed by atoms with E-state index >= 15 is 0 Å². The number of aryl methyl sites for hydroxylation is 2. The molecule has 0 amide bonds. The summed E-state index contributed by atoms with van der Waals surface area (Å²) in [5, 5.41) is 6.56. The van der Waals surface area contributed by atoms with Crippen LogP contribution in [0.25, 0.3) is 0 Å². The summed E-state index contributed by atoms with van der Waals surface area (Å²) in [7, 11) is -1.45. The Morgan fingerprint density at radius 3 is 2.42 bits per heavy atom. The molecule has 0 aromatic heterocycles. The maximum atomic E-state index is 11.7. The fourth-order valence-electron chi connectivity index (χ4n) is 2.84. The van der Waals surface area contributed by atoms with Crippen LogP contribution in [0.1, 0.15) is 22.3 Å². The topological polar surface area (TPSA) is 70.6 Å². The summed E-state index contributed by atoms with van der Waals surface area (Å²) in [4.78, 5) is 4.61. The maximum Gasteiger partial charge on any atom is 0.191 e. The molecule has 0 saturated carbocycles. The molecule has 140 valence electrons. The quantitative estimate of drug-likeness (QED) is 0.603. The molecule has 0 bridgehead atoms. The van der Waals surface area contributed by atoms with E-state index in [1.54, 1.807) is 13.1 Å². The number of hydrogen-bond acceptors (Lipinski definition) is 3. The molecular formula is C20H27N3O2S. The standard InChI is InChI=1S/C20H27N3O2S/c1-15-6-5-7-17(12-15)10-11-22-20(21-3)23-14-18-8-9-19(16(2)13-18)26(4,24)25/h5-9,12-13H,10-11,14H2,1-4H3,(H2,21,22,23). The summed E-state index contributed by atoms with van der Waals surface area (Å²) in [5.74, 6) is 0.725. The molecule has 2 N–H and O–H groups in total. The SMILES string of the molecule is CN=C(NCCc1cccc(C)c1)NCc1ccc(S(C)(=O)=O)c(C)c1. The fraction of sp³-hybridized carbons (Fsp3) is 0.350. The van der Waals surface area contributed by atoms with Crippen molar-refractivity contribution < 1.29 is 8.42 Å². The van der Waals surface area contributed by atoms with Crippen molar-refractivity contribution in [2.24, 2.45) is 4.99 Å². The van der Waals surface area contributed by atoms with E-state index in [1.165, 1.54) is 17.4 Å². The molecule has 2 rings (SSSR count). The summed E-state index contributed by atoms with van der Waals surface area (Å²) < 4.78 is 23.4. The zero-order valence-corrected chi connectivity index (χ0v) is 16.7. The molecule has 0 aliphatic carbocycles. The average Bonchev–Trinajstić information content (AvgIpc) is 2.57. The van der Waals surface area contributed by atoms with Gasteiger partial charge in [0.1, 0.15) is 0 Å². The van der Waals surface area contributed by atoms with E-state index in [0.717, 1.165) is 30.1 Å². The van der Waals surface area contributed by atoms with Gasteiger partial charge in [0.15, 0.2) is 15.8 Å². The molecule has 2 aromatic rings. The van der Waals surface area contributed by atoms with Gasteiger partial charge in [0, 0.05) is 26.4 Å². The van der Waals surface area contributed by atoms with Crippen molar-refractivity contribution in [3.05, 3.63) is 64.7 Å². The first-order valence-electron chi connectivity index (χ1n) is 8.59. The predicted octanol–water partition coefficient (Wildman–Crippen LogP) is 2.61. The van der Waals surface area contributed by atoms with Crippen LogP contribution in [0.4, 0.5) is 0 Å². The summed E-state index contributed by atoms with van der Waals surface area (Å²) in [5.41, 5.74) is 4.32. The van der Waals surface area contributed by atoms with Gasteiger partial charge in [0.25, 0.3) is 0 Å². The Hall–Kier alpha value is -2.34. The monoisotopic (exact) mass is 373 g/mol. The first kappa shape index (κ1) is 20.0. The van der Waals surface area contributed by atoms with Crippen LogP contribution < -0.4 is 10.6 Å². The summed E-state index contributed by atoms with van der Waals surface area (Å²) in [6.45, 7) is 5.27. The van der Waals surface area contributed by atoms with E-state index in [-0.39, 0.29) is 0 Å². The third-order valence-corrected chi connectivity index (χ3v) is 5.37. The molecule has 0 saturated heterocycles. The Morgan fingerprint density at radius 1 is 1.04 bits per heavy atom. The molecular weight excluding hydrogens is 346 g/mol. The van der Waals surface area contributed by atoms with Gasteiger partial charge in [-0.2, -0.15) is 0 Å². The lowest BCUT2D eigenvalue weighted by Gasteiger charge is -2.13. The average molecular weight is 374 g/mol. The van der Waals surface area contributed by atoms with Crippen LogP contribution in [0.5, 0.6) is 0 Å². The van der Waals surface area contributed by atoms with Crippen LogP contribution in [-0.4, -0.2) is 34.2 Å². The first-order chi connectivity index (χ1) is 12.3. The Labute approximate surface area is 156 Å². The number of aliphatic imine (C=N–C) groups is 1. The van der Waals surface area contributed by atoms with Gasteiger partial charge in [-0.15, -0.1) is 0 Å². The second-order valence-corrected chi connectivity index (χ2v) is 8.45. The van der Waals surface area contributed by atoms with Crippen LogP contribution in [0, 0.1) is 13.8 Å². The first-order valence-corrected chi connectivity index (χ1v) is 10.5. The largest absolute Gasteiger partial charge is 0.356 e. The van der Waals surface area contributed by atoms with Crippen LogP contribution in [0.3, 0.4) is 0 Å². The highest BCUT2D eigenvalue weighted by Gasteiger charge is 2.10. The van der Waals surface area contributed by atoms with Gasteiger partial charge in [0.05, 0.1) is 4.90 Å². The van der Waals surface area contributed by atoms with E-state index in [9.17, 15) is 8.42 Å². The van der Waals surface area contributed by atoms with Crippen LogP contribution in [-0.2, 0) is 22.8 Å². The molecule has 0 heterocycles. The van der Waals surface area contributed by atoms with E-state index in [0.29, 0.717) is 11.4 Å². The van der Waals surface area contributed by atoms with Crippen molar-refractivity contribution in [2.45, 2.75) is 31.7 Å². The highest BCUT2D eigenvalue weighted by molar-refractivity contribution is 7.90. The number of benzene rings is 2. The third kappa shape index (κ3) is 5.88. The molecule has 0 aliphatic heterocycles. The van der Waals surface area contributed by atoms with Crippen LogP contribution in [0.15, 0.2) is 52.4 Å². The number of nitrogens with one attached hydrogen (secondary N) is 2. The smallest absolute Gasteiger partial charge is 0.191 e. The number of rotatable bonds is 6. The highest BCUT2D eigenvalue weighted by atomic mass is 32.2. The van der Waals surface area contributed by atoms with Gasteiger partial charge >= 0.3 is 0 Å². The molecule has 0 radical (unpaired) electrons. The van der Waals surface area contributed by atoms with Crippen molar-refractivity contribution in [3.8, 4) is 0 Å². The fourth-order valence-corrected chi connectivity index (χ4v) is 3.80. The molecule has 5 nitrogen and oxygen atoms in total. The number of nitrogens with zero attached hydrogens (tertiary/aromatic N) is 1. The summed E-state index contributed by atoms with van der Waals surface area (Å²) >= 11 is 0. The molecule has 0 unspecified atom stereocenters. The zero-order valence-electron chi connectivity index (χ0n) is 15.8. The Kier molecular flexibility index (Phi) is 6.80. The van der Waals surface area contributed by atoms with Crippen molar-refractivity contribution in [1.29, 1.82) is 0 Å². The molecule has 0 fully saturated rings. The molecule has 6 heteroatoms. The third-order valence-electron chi connectivity index (χ3n) is 4.11. The minimum absolute atomic E-state index is 0.377. The number of sulfone groups is 1. The van der Waals surface area contributed by atoms with Crippen molar-refractivity contribution in [3.63, 3.8) is 0 Å². The normalized spacial score (nSPS) is 12.1. The number of hydrogen-bond donors (Lipinski definition) is 2. The van der Waals surface area contributed by atoms with Gasteiger partial charge in [-0.05, 0) is 43.0 Å². The van der Waals surface area contributed by atoms with E-state index < -0.39 is 9.84 Å². The van der Waals surface area contributed by atoms with Gasteiger partial charge in [0.2, 0.25) is 0 Å². The Balaban J connectivity index is 1.88. The lowest BCUT2D eigenvalue weighted by atomic mass is 10.1. The van der Waals surface area contributed by atoms with E-state index in [1.807, 2.05) is 19.1 Å². The van der Waals surface area contributed by atoms with E-state index in [4.69, 9.17) is 0 Å². The molecule has 0 spiro atoms. The van der Waals surface area contributed by atoms with Gasteiger partial charge < -0.3 is 10.6 Å². The van der Waals surface area contributed by atoms with Crippen molar-refractivity contribution in [2.75, 3.05) is 19.8 Å².